The number of carbonyl (C=O) groups is 1. The van der Waals surface area contributed by atoms with E-state index in [9.17, 15) is 23.3 Å². The highest BCUT2D eigenvalue weighted by Crippen LogP contribution is 2.25. The van der Waals surface area contributed by atoms with Gasteiger partial charge in [0.1, 0.15) is 5.69 Å². The van der Waals surface area contributed by atoms with Crippen molar-refractivity contribution in [2.75, 3.05) is 43.0 Å². The van der Waals surface area contributed by atoms with Crippen molar-refractivity contribution in [3.05, 3.63) is 33.9 Å². The number of sulfone groups is 1. The zero-order chi connectivity index (χ0) is 17.0. The van der Waals surface area contributed by atoms with Gasteiger partial charge in [-0.05, 0) is 19.1 Å². The van der Waals surface area contributed by atoms with Crippen molar-refractivity contribution in [1.82, 2.24) is 4.90 Å². The van der Waals surface area contributed by atoms with Crippen LogP contribution in [0.5, 0.6) is 0 Å². The van der Waals surface area contributed by atoms with Gasteiger partial charge in [-0.15, -0.1) is 0 Å². The maximum Gasteiger partial charge on any atom is 0.293 e. The van der Waals surface area contributed by atoms with E-state index in [0.717, 1.165) is 0 Å². The van der Waals surface area contributed by atoms with E-state index < -0.39 is 14.8 Å². The quantitative estimate of drug-likeness (QED) is 0.466. The number of nitrogens with zero attached hydrogens (tertiary/aromatic N) is 2. The third-order valence-corrected chi connectivity index (χ3v) is 5.39. The second-order valence-electron chi connectivity index (χ2n) is 5.47. The molecule has 0 atom stereocenters. The van der Waals surface area contributed by atoms with Gasteiger partial charge in [-0.3, -0.25) is 19.8 Å². The van der Waals surface area contributed by atoms with Crippen LogP contribution in [0.25, 0.3) is 0 Å². The maximum atomic E-state index is 11.4. The molecule has 1 N–H and O–H groups in total. The molecule has 0 bridgehead atoms. The number of nitro groups is 1. The van der Waals surface area contributed by atoms with Crippen molar-refractivity contribution < 1.29 is 18.1 Å². The highest BCUT2D eigenvalue weighted by Gasteiger charge is 2.21. The Kier molecular flexibility index (Phi) is 5.32. The molecule has 0 aliphatic carbocycles. The summed E-state index contributed by atoms with van der Waals surface area (Å²) in [5.74, 6) is 0.0788. The van der Waals surface area contributed by atoms with Gasteiger partial charge in [0.2, 0.25) is 0 Å². The predicted molar refractivity (Wildman–Crippen MR) is 86.7 cm³/mol. The van der Waals surface area contributed by atoms with Crippen LogP contribution in [0.15, 0.2) is 18.2 Å². The first-order chi connectivity index (χ1) is 10.8. The molecule has 1 aromatic rings. The normalized spacial score (nSPS) is 17.6. The van der Waals surface area contributed by atoms with Crippen LogP contribution >= 0.6 is 0 Å². The van der Waals surface area contributed by atoms with Gasteiger partial charge in [-0.25, -0.2) is 8.42 Å². The zero-order valence-electron chi connectivity index (χ0n) is 12.8. The van der Waals surface area contributed by atoms with E-state index in [1.807, 2.05) is 4.90 Å². The van der Waals surface area contributed by atoms with Crippen LogP contribution in [0.1, 0.15) is 17.3 Å². The monoisotopic (exact) mass is 341 g/mol. The lowest BCUT2D eigenvalue weighted by atomic mass is 10.1. The first-order valence-corrected chi connectivity index (χ1v) is 9.07. The van der Waals surface area contributed by atoms with Crippen molar-refractivity contribution >= 4 is 27.0 Å². The standard InChI is InChI=1S/C14H19N3O5S/c1-11(18)12-2-3-13(14(10-12)17(19)20)15-4-5-16-6-8-23(21,22)9-7-16/h2-3,10,15H,4-9H2,1H3. The summed E-state index contributed by atoms with van der Waals surface area (Å²) in [6, 6.07) is 4.33. The van der Waals surface area contributed by atoms with Crippen LogP contribution in [0, 0.1) is 10.1 Å². The number of anilines is 1. The van der Waals surface area contributed by atoms with Gasteiger partial charge < -0.3 is 5.32 Å². The number of Topliss-reactive ketones (excluding diaryl/α,β-unsaturated/α-hetero) is 1. The number of nitrogens with one attached hydrogen (secondary N) is 1. The van der Waals surface area contributed by atoms with Gasteiger partial charge in [0.15, 0.2) is 15.6 Å². The number of benzene rings is 1. The molecule has 0 spiro atoms. The molecule has 126 valence electrons. The summed E-state index contributed by atoms with van der Waals surface area (Å²) in [5.41, 5.74) is 0.507. The van der Waals surface area contributed by atoms with E-state index in [1.54, 1.807) is 6.07 Å². The lowest BCUT2D eigenvalue weighted by molar-refractivity contribution is -0.384. The van der Waals surface area contributed by atoms with Crippen LogP contribution in [-0.2, 0) is 9.84 Å². The Bertz CT molecular complexity index is 703. The molecule has 1 heterocycles. The van der Waals surface area contributed by atoms with E-state index in [-0.39, 0.29) is 23.0 Å². The first kappa shape index (κ1) is 17.4. The topological polar surface area (TPSA) is 110 Å². The van der Waals surface area contributed by atoms with E-state index in [2.05, 4.69) is 5.32 Å². The molecule has 23 heavy (non-hydrogen) atoms. The Balaban J connectivity index is 1.95. The minimum atomic E-state index is -2.91. The third-order valence-electron chi connectivity index (χ3n) is 3.78. The van der Waals surface area contributed by atoms with Crippen LogP contribution < -0.4 is 5.32 Å². The molecule has 1 fully saturated rings. The SMILES string of the molecule is CC(=O)c1ccc(NCCN2CCS(=O)(=O)CC2)c([N+](=O)[O-])c1. The summed E-state index contributed by atoms with van der Waals surface area (Å²) in [6.45, 7) is 3.38. The van der Waals surface area contributed by atoms with Crippen LogP contribution in [0.4, 0.5) is 11.4 Å². The van der Waals surface area contributed by atoms with E-state index in [0.29, 0.717) is 37.4 Å². The van der Waals surface area contributed by atoms with Gasteiger partial charge >= 0.3 is 0 Å². The number of hydrogen-bond acceptors (Lipinski definition) is 7. The Morgan fingerprint density at radius 2 is 2.00 bits per heavy atom. The fraction of sp³-hybridized carbons (Fsp3) is 0.500. The average Bonchev–Trinajstić information content (AvgIpc) is 2.48. The third kappa shape index (κ3) is 4.73. The summed E-state index contributed by atoms with van der Waals surface area (Å²) >= 11 is 0. The molecule has 0 amide bonds. The largest absolute Gasteiger partial charge is 0.378 e. The number of hydrogen-bond donors (Lipinski definition) is 1. The zero-order valence-corrected chi connectivity index (χ0v) is 13.6. The summed E-state index contributed by atoms with van der Waals surface area (Å²) < 4.78 is 22.7. The average molecular weight is 341 g/mol. The van der Waals surface area contributed by atoms with Gasteiger partial charge in [0.05, 0.1) is 16.4 Å². The first-order valence-electron chi connectivity index (χ1n) is 7.24. The van der Waals surface area contributed by atoms with Crippen LogP contribution in [-0.4, -0.2) is 61.7 Å². The smallest absolute Gasteiger partial charge is 0.293 e. The van der Waals surface area contributed by atoms with E-state index in [1.165, 1.54) is 19.1 Å². The summed E-state index contributed by atoms with van der Waals surface area (Å²) in [5, 5.41) is 14.1. The van der Waals surface area contributed by atoms with Crippen molar-refractivity contribution in [3.8, 4) is 0 Å². The number of ketones is 1. The number of nitro benzene ring substituents is 1. The molecule has 9 heteroatoms. The highest BCUT2D eigenvalue weighted by atomic mass is 32.2. The van der Waals surface area contributed by atoms with Gasteiger partial charge in [-0.1, -0.05) is 0 Å². The molecule has 0 aromatic heterocycles. The van der Waals surface area contributed by atoms with Crippen molar-refractivity contribution in [2.45, 2.75) is 6.92 Å². The fourth-order valence-corrected chi connectivity index (χ4v) is 3.65. The molecule has 1 aliphatic rings. The van der Waals surface area contributed by atoms with Crippen molar-refractivity contribution in [1.29, 1.82) is 0 Å². The fourth-order valence-electron chi connectivity index (χ4n) is 2.37. The van der Waals surface area contributed by atoms with E-state index in [4.69, 9.17) is 0 Å². The summed E-state index contributed by atoms with van der Waals surface area (Å²) in [6.07, 6.45) is 0. The second kappa shape index (κ2) is 7.05. The Morgan fingerprint density at radius 1 is 1.35 bits per heavy atom. The van der Waals surface area contributed by atoms with Crippen LogP contribution in [0.2, 0.25) is 0 Å². The van der Waals surface area contributed by atoms with E-state index >= 15 is 0 Å². The minimum Gasteiger partial charge on any atom is -0.378 e. The molecule has 1 saturated heterocycles. The molecular formula is C14H19N3O5S. The van der Waals surface area contributed by atoms with Gasteiger partial charge in [0.25, 0.3) is 5.69 Å². The van der Waals surface area contributed by atoms with Gasteiger partial charge in [-0.2, -0.15) is 0 Å². The highest BCUT2D eigenvalue weighted by molar-refractivity contribution is 7.91. The molecule has 2 rings (SSSR count). The summed E-state index contributed by atoms with van der Waals surface area (Å²) in [4.78, 5) is 23.9. The molecule has 0 unspecified atom stereocenters. The molecular weight excluding hydrogens is 322 g/mol. The number of carbonyl (C=O) groups excluding carboxylic acids is 1. The lowest BCUT2D eigenvalue weighted by Gasteiger charge is -2.26. The maximum absolute atomic E-state index is 11.4. The van der Waals surface area contributed by atoms with Crippen LogP contribution in [0.3, 0.4) is 0 Å². The number of rotatable bonds is 6. The minimum absolute atomic E-state index is 0.140. The molecule has 0 radical (unpaired) electrons. The summed E-state index contributed by atoms with van der Waals surface area (Å²) in [7, 11) is -2.91. The molecule has 1 aromatic carbocycles. The molecule has 1 aliphatic heterocycles. The second-order valence-corrected chi connectivity index (χ2v) is 7.77. The lowest BCUT2D eigenvalue weighted by Crippen LogP contribution is -2.42. The molecule has 8 nitrogen and oxygen atoms in total. The Labute approximate surface area is 134 Å². The Hall–Kier alpha value is -2.00. The van der Waals surface area contributed by atoms with Crippen molar-refractivity contribution in [3.63, 3.8) is 0 Å². The Morgan fingerprint density at radius 3 is 2.57 bits per heavy atom. The molecule has 0 saturated carbocycles. The van der Waals surface area contributed by atoms with Gasteiger partial charge in [0, 0.05) is 37.8 Å². The van der Waals surface area contributed by atoms with Crippen molar-refractivity contribution in [2.24, 2.45) is 0 Å². The predicted octanol–water partition coefficient (Wildman–Crippen LogP) is 0.940.